The number of anilines is 1. The third-order valence-corrected chi connectivity index (χ3v) is 4.23. The lowest BCUT2D eigenvalue weighted by atomic mass is 10.2. The lowest BCUT2D eigenvalue weighted by molar-refractivity contribution is 0.164. The van der Waals surface area contributed by atoms with Gasteiger partial charge in [-0.1, -0.05) is 12.1 Å². The summed E-state index contributed by atoms with van der Waals surface area (Å²) in [5.41, 5.74) is 0.624. The third kappa shape index (κ3) is 3.17. The predicted octanol–water partition coefficient (Wildman–Crippen LogP) is 1.78. The number of pyridine rings is 1. The first kappa shape index (κ1) is 15.4. The minimum Gasteiger partial charge on any atom is -0.353 e. The third-order valence-electron chi connectivity index (χ3n) is 4.23. The lowest BCUT2D eigenvalue weighted by Crippen LogP contribution is -2.47. The van der Waals surface area contributed by atoms with Crippen molar-refractivity contribution in [3.05, 3.63) is 35.6 Å². The summed E-state index contributed by atoms with van der Waals surface area (Å²) in [6, 6.07) is 5.91. The van der Waals surface area contributed by atoms with Gasteiger partial charge in [-0.3, -0.25) is 4.90 Å². The summed E-state index contributed by atoms with van der Waals surface area (Å²) in [7, 11) is 0. The zero-order chi connectivity index (χ0) is 16.2. The fourth-order valence-corrected chi connectivity index (χ4v) is 2.79. The summed E-state index contributed by atoms with van der Waals surface area (Å²) < 4.78 is 5.35. The van der Waals surface area contributed by atoms with E-state index >= 15 is 0 Å². The molecule has 0 N–H and O–H groups in total. The molecule has 0 amide bonds. The van der Waals surface area contributed by atoms with Crippen LogP contribution in [0.25, 0.3) is 0 Å². The number of nitrogens with zero attached hydrogens (tertiary/aromatic N) is 6. The van der Waals surface area contributed by atoms with Crippen LogP contribution in [-0.2, 0) is 6.42 Å². The second kappa shape index (κ2) is 6.75. The molecule has 0 saturated carbocycles. The van der Waals surface area contributed by atoms with Gasteiger partial charge in [0.1, 0.15) is 11.9 Å². The molecule has 1 aliphatic heterocycles. The van der Waals surface area contributed by atoms with Gasteiger partial charge >= 0.3 is 0 Å². The maximum Gasteiger partial charge on any atom is 0.243 e. The second-order valence-electron chi connectivity index (χ2n) is 5.59. The standard InChI is InChI=1S/C16H20N6O/c1-3-14-19-16(23-20-14)12(2)21-7-9-22(10-8-21)15-13(11-17)5-4-6-18-15/h4-6,12H,3,7-10H2,1-2H3/t12-/m0/s1. The van der Waals surface area contributed by atoms with Crippen LogP contribution < -0.4 is 4.90 Å². The molecule has 1 saturated heterocycles. The molecule has 0 radical (unpaired) electrons. The van der Waals surface area contributed by atoms with E-state index in [1.54, 1.807) is 12.3 Å². The van der Waals surface area contributed by atoms with Crippen molar-refractivity contribution in [2.45, 2.75) is 26.3 Å². The van der Waals surface area contributed by atoms with Gasteiger partial charge in [0.25, 0.3) is 0 Å². The van der Waals surface area contributed by atoms with Crippen LogP contribution in [0.2, 0.25) is 0 Å². The number of aryl methyl sites for hydroxylation is 1. The Hall–Kier alpha value is -2.46. The Bertz CT molecular complexity index is 699. The molecular formula is C16H20N6O. The van der Waals surface area contributed by atoms with Crippen LogP contribution in [0.4, 0.5) is 5.82 Å². The van der Waals surface area contributed by atoms with Gasteiger partial charge in [-0.05, 0) is 19.1 Å². The van der Waals surface area contributed by atoms with Crippen molar-refractivity contribution in [1.29, 1.82) is 5.26 Å². The fourth-order valence-electron chi connectivity index (χ4n) is 2.79. The molecule has 1 aliphatic rings. The normalized spacial score (nSPS) is 17.0. The zero-order valence-corrected chi connectivity index (χ0v) is 13.4. The highest BCUT2D eigenvalue weighted by atomic mass is 16.5. The molecule has 23 heavy (non-hydrogen) atoms. The number of hydrogen-bond donors (Lipinski definition) is 0. The van der Waals surface area contributed by atoms with E-state index < -0.39 is 0 Å². The van der Waals surface area contributed by atoms with E-state index in [1.165, 1.54) is 0 Å². The fraction of sp³-hybridized carbons (Fsp3) is 0.500. The molecule has 7 nitrogen and oxygen atoms in total. The quantitative estimate of drug-likeness (QED) is 0.851. The first-order valence-corrected chi connectivity index (χ1v) is 7.89. The molecular weight excluding hydrogens is 292 g/mol. The van der Waals surface area contributed by atoms with Crippen LogP contribution in [0, 0.1) is 11.3 Å². The van der Waals surface area contributed by atoms with Crippen molar-refractivity contribution in [2.24, 2.45) is 0 Å². The first-order chi connectivity index (χ1) is 11.2. The summed E-state index contributed by atoms with van der Waals surface area (Å²) in [5.74, 6) is 2.19. The van der Waals surface area contributed by atoms with E-state index in [9.17, 15) is 5.26 Å². The summed E-state index contributed by atoms with van der Waals surface area (Å²) in [4.78, 5) is 13.3. The number of aromatic nitrogens is 3. The van der Waals surface area contributed by atoms with Gasteiger partial charge in [-0.2, -0.15) is 10.2 Å². The number of rotatable bonds is 4. The minimum absolute atomic E-state index is 0.101. The Morgan fingerprint density at radius 2 is 2.13 bits per heavy atom. The molecule has 0 aromatic carbocycles. The number of piperazine rings is 1. The van der Waals surface area contributed by atoms with Crippen molar-refractivity contribution in [3.63, 3.8) is 0 Å². The van der Waals surface area contributed by atoms with Crippen molar-refractivity contribution < 1.29 is 4.52 Å². The molecule has 2 aromatic rings. The van der Waals surface area contributed by atoms with Gasteiger partial charge in [0.15, 0.2) is 5.82 Å². The van der Waals surface area contributed by atoms with E-state index in [-0.39, 0.29) is 6.04 Å². The Kier molecular flexibility index (Phi) is 4.53. The van der Waals surface area contributed by atoms with Gasteiger partial charge < -0.3 is 9.42 Å². The van der Waals surface area contributed by atoms with E-state index in [0.29, 0.717) is 11.5 Å². The maximum absolute atomic E-state index is 9.21. The van der Waals surface area contributed by atoms with Crippen molar-refractivity contribution in [2.75, 3.05) is 31.1 Å². The van der Waals surface area contributed by atoms with Gasteiger partial charge in [-0.15, -0.1) is 0 Å². The minimum atomic E-state index is 0.101. The predicted molar refractivity (Wildman–Crippen MR) is 84.8 cm³/mol. The number of nitriles is 1. The average molecular weight is 312 g/mol. The Labute approximate surface area is 135 Å². The monoisotopic (exact) mass is 312 g/mol. The lowest BCUT2D eigenvalue weighted by Gasteiger charge is -2.37. The average Bonchev–Trinajstić information content (AvgIpc) is 3.10. The van der Waals surface area contributed by atoms with Gasteiger partial charge in [0.2, 0.25) is 5.89 Å². The largest absolute Gasteiger partial charge is 0.353 e. The van der Waals surface area contributed by atoms with E-state index in [4.69, 9.17) is 4.52 Å². The van der Waals surface area contributed by atoms with Crippen LogP contribution in [0.15, 0.2) is 22.9 Å². The van der Waals surface area contributed by atoms with E-state index in [1.807, 2.05) is 13.0 Å². The van der Waals surface area contributed by atoms with Crippen LogP contribution in [0.5, 0.6) is 0 Å². The number of hydrogen-bond acceptors (Lipinski definition) is 7. The maximum atomic E-state index is 9.21. The van der Waals surface area contributed by atoms with Crippen molar-refractivity contribution in [1.82, 2.24) is 20.0 Å². The molecule has 1 atom stereocenters. The van der Waals surface area contributed by atoms with E-state index in [2.05, 4.69) is 37.9 Å². The Morgan fingerprint density at radius 1 is 1.35 bits per heavy atom. The molecule has 3 rings (SSSR count). The molecule has 0 unspecified atom stereocenters. The topological polar surface area (TPSA) is 82.1 Å². The summed E-state index contributed by atoms with van der Waals surface area (Å²) in [5, 5.41) is 13.2. The SMILES string of the molecule is CCc1noc([C@H](C)N2CCN(c3ncccc3C#N)CC2)n1. The smallest absolute Gasteiger partial charge is 0.243 e. The molecule has 0 aliphatic carbocycles. The zero-order valence-electron chi connectivity index (χ0n) is 13.4. The summed E-state index contributed by atoms with van der Waals surface area (Å²) in [6.07, 6.45) is 2.51. The Balaban J connectivity index is 1.65. The van der Waals surface area contributed by atoms with Crippen molar-refractivity contribution in [3.8, 4) is 6.07 Å². The van der Waals surface area contributed by atoms with Gasteiger partial charge in [0, 0.05) is 38.8 Å². The van der Waals surface area contributed by atoms with Crippen LogP contribution >= 0.6 is 0 Å². The van der Waals surface area contributed by atoms with Gasteiger partial charge in [0.05, 0.1) is 11.6 Å². The van der Waals surface area contributed by atoms with Gasteiger partial charge in [-0.25, -0.2) is 4.98 Å². The highest BCUT2D eigenvalue weighted by molar-refractivity contribution is 5.53. The van der Waals surface area contributed by atoms with Crippen LogP contribution in [0.1, 0.15) is 37.2 Å². The van der Waals surface area contributed by atoms with Crippen LogP contribution in [-0.4, -0.2) is 46.2 Å². The Morgan fingerprint density at radius 3 is 2.78 bits per heavy atom. The first-order valence-electron chi connectivity index (χ1n) is 7.89. The van der Waals surface area contributed by atoms with E-state index in [0.717, 1.165) is 44.2 Å². The molecule has 0 spiro atoms. The molecule has 120 valence electrons. The highest BCUT2D eigenvalue weighted by Gasteiger charge is 2.26. The summed E-state index contributed by atoms with van der Waals surface area (Å²) in [6.45, 7) is 7.48. The summed E-state index contributed by atoms with van der Waals surface area (Å²) >= 11 is 0. The van der Waals surface area contributed by atoms with Crippen molar-refractivity contribution >= 4 is 5.82 Å². The second-order valence-corrected chi connectivity index (χ2v) is 5.59. The molecule has 2 aromatic heterocycles. The molecule has 1 fully saturated rings. The molecule has 0 bridgehead atoms. The molecule has 7 heteroatoms. The highest BCUT2D eigenvalue weighted by Crippen LogP contribution is 2.23. The molecule has 3 heterocycles. The van der Waals surface area contributed by atoms with Crippen LogP contribution in [0.3, 0.4) is 0 Å².